The maximum atomic E-state index is 12.5. The number of carbonyl (C=O) groups is 1. The summed E-state index contributed by atoms with van der Waals surface area (Å²) >= 11 is 0. The average molecular weight is 556 g/mol. The molecule has 0 aliphatic heterocycles. The number of aromatic hydroxyl groups is 1. The predicted molar refractivity (Wildman–Crippen MR) is 152 cm³/mol. The quantitative estimate of drug-likeness (QED) is 0.204. The fourth-order valence-corrected chi connectivity index (χ4v) is 4.75. The molecule has 0 heterocycles. The Morgan fingerprint density at radius 1 is 1.00 bits per heavy atom. The number of methoxy groups -OCH3 is 1. The van der Waals surface area contributed by atoms with Gasteiger partial charge in [0.25, 0.3) is 0 Å². The number of nitrogens with one attached hydrogen (secondary N) is 3. The third kappa shape index (κ3) is 9.90. The Kier molecular flexibility index (Phi) is 9.96. The van der Waals surface area contributed by atoms with Gasteiger partial charge in [-0.3, -0.25) is 9.52 Å². The summed E-state index contributed by atoms with van der Waals surface area (Å²) in [6.07, 6.45) is 0.970. The molecule has 3 aromatic carbocycles. The summed E-state index contributed by atoms with van der Waals surface area (Å²) in [6.45, 7) is 4.66. The number of amides is 1. The van der Waals surface area contributed by atoms with Crippen LogP contribution in [0.15, 0.2) is 66.7 Å². The first kappa shape index (κ1) is 29.9. The molecule has 0 aromatic heterocycles. The van der Waals surface area contributed by atoms with Gasteiger partial charge in [-0.25, -0.2) is 8.42 Å². The molecule has 0 fully saturated rings. The van der Waals surface area contributed by atoms with Gasteiger partial charge in [-0.2, -0.15) is 0 Å². The fraction of sp³-hybridized carbons (Fsp3) is 0.345. The van der Waals surface area contributed by atoms with Crippen LogP contribution in [0.4, 0.5) is 5.69 Å². The zero-order valence-corrected chi connectivity index (χ0v) is 23.5. The first-order valence-electron chi connectivity index (χ1n) is 12.5. The molecule has 3 aromatic rings. The van der Waals surface area contributed by atoms with Crippen molar-refractivity contribution < 1.29 is 28.2 Å². The van der Waals surface area contributed by atoms with Gasteiger partial charge in [0.15, 0.2) is 0 Å². The molecule has 39 heavy (non-hydrogen) atoms. The summed E-state index contributed by atoms with van der Waals surface area (Å²) in [4.78, 5) is 12.5. The molecule has 0 aliphatic rings. The molecule has 0 saturated carbocycles. The van der Waals surface area contributed by atoms with E-state index in [-0.39, 0.29) is 35.8 Å². The minimum Gasteiger partial charge on any atom is -0.506 e. The van der Waals surface area contributed by atoms with Gasteiger partial charge in [-0.15, -0.1) is 0 Å². The van der Waals surface area contributed by atoms with E-state index in [9.17, 15) is 23.4 Å². The Morgan fingerprint density at radius 3 is 2.41 bits per heavy atom. The summed E-state index contributed by atoms with van der Waals surface area (Å²) in [6, 6.07) is 19.7. The van der Waals surface area contributed by atoms with E-state index in [2.05, 4.69) is 15.4 Å². The Bertz CT molecular complexity index is 1390. The van der Waals surface area contributed by atoms with Crippen LogP contribution >= 0.6 is 0 Å². The highest BCUT2D eigenvalue weighted by molar-refractivity contribution is 7.92. The number of phenolic OH excluding ortho intramolecular Hbond substituents is 1. The number of aliphatic hydroxyl groups is 1. The van der Waals surface area contributed by atoms with Gasteiger partial charge < -0.3 is 25.6 Å². The SMILES string of the molecule is COc1cccc(CNC(=O)Cc2cccc(CC(C)(C)NC[C@@H](O)c3ccc(O)c(NS(C)(=O)=O)c3)c2)c1. The minimum atomic E-state index is -3.58. The number of sulfonamides is 1. The van der Waals surface area contributed by atoms with Gasteiger partial charge in [0, 0.05) is 18.6 Å². The normalized spacial score (nSPS) is 12.5. The number of carbonyl (C=O) groups excluding carboxylic acids is 1. The zero-order chi connectivity index (χ0) is 28.6. The Balaban J connectivity index is 1.55. The highest BCUT2D eigenvalue weighted by Gasteiger charge is 2.21. The molecule has 0 spiro atoms. The summed E-state index contributed by atoms with van der Waals surface area (Å²) in [5.74, 6) is 0.447. The van der Waals surface area contributed by atoms with Crippen molar-refractivity contribution in [1.29, 1.82) is 0 Å². The van der Waals surface area contributed by atoms with Crippen molar-refractivity contribution >= 4 is 21.6 Å². The molecule has 0 aliphatic carbocycles. The van der Waals surface area contributed by atoms with Crippen LogP contribution in [0.1, 0.15) is 42.2 Å². The Morgan fingerprint density at radius 2 is 1.69 bits per heavy atom. The maximum Gasteiger partial charge on any atom is 0.229 e. The minimum absolute atomic E-state index is 0.0117. The third-order valence-electron chi connectivity index (χ3n) is 6.10. The highest BCUT2D eigenvalue weighted by atomic mass is 32.2. The summed E-state index contributed by atoms with van der Waals surface area (Å²) < 4.78 is 30.5. The van der Waals surface area contributed by atoms with Crippen molar-refractivity contribution in [2.24, 2.45) is 0 Å². The number of hydrogen-bond donors (Lipinski definition) is 5. The third-order valence-corrected chi connectivity index (χ3v) is 6.69. The molecule has 10 heteroatoms. The van der Waals surface area contributed by atoms with E-state index in [1.54, 1.807) is 13.2 Å². The van der Waals surface area contributed by atoms with Crippen LogP contribution in [0, 0.1) is 0 Å². The van der Waals surface area contributed by atoms with E-state index in [0.29, 0.717) is 18.5 Å². The van der Waals surface area contributed by atoms with Crippen molar-refractivity contribution in [3.05, 3.63) is 89.0 Å². The number of ether oxygens (including phenoxy) is 1. The largest absolute Gasteiger partial charge is 0.506 e. The van der Waals surface area contributed by atoms with Crippen molar-refractivity contribution in [2.45, 2.75) is 44.9 Å². The molecule has 3 rings (SSSR count). The monoisotopic (exact) mass is 555 g/mol. The second-order valence-corrected chi connectivity index (χ2v) is 12.0. The summed E-state index contributed by atoms with van der Waals surface area (Å²) in [7, 11) is -1.97. The molecule has 0 saturated heterocycles. The molecule has 1 atom stereocenters. The van der Waals surface area contributed by atoms with Gasteiger partial charge in [0.1, 0.15) is 11.5 Å². The van der Waals surface area contributed by atoms with Gasteiger partial charge in [-0.05, 0) is 66.8 Å². The second kappa shape index (κ2) is 13.0. The van der Waals surface area contributed by atoms with Crippen molar-refractivity contribution in [3.8, 4) is 11.5 Å². The molecule has 210 valence electrons. The molecule has 9 nitrogen and oxygen atoms in total. The molecule has 0 unspecified atom stereocenters. The van der Waals surface area contributed by atoms with Crippen LogP contribution in [0.3, 0.4) is 0 Å². The van der Waals surface area contributed by atoms with Gasteiger partial charge in [0.2, 0.25) is 15.9 Å². The van der Waals surface area contributed by atoms with E-state index in [4.69, 9.17) is 4.74 Å². The number of hydrogen-bond acceptors (Lipinski definition) is 7. The lowest BCUT2D eigenvalue weighted by molar-refractivity contribution is -0.120. The standard InChI is InChI=1S/C29H37N3O6S/c1-29(2,31-19-27(34)23-11-12-26(33)25(16-23)32-39(4,36)37)17-21-8-5-7-20(13-21)15-28(35)30-18-22-9-6-10-24(14-22)38-3/h5-14,16,27,31-34H,15,17-19H2,1-4H3,(H,30,35)/t27-/m1/s1. The van der Waals surface area contributed by atoms with Crippen LogP contribution in [-0.4, -0.2) is 50.0 Å². The van der Waals surface area contributed by atoms with Gasteiger partial charge in [-0.1, -0.05) is 42.5 Å². The number of aliphatic hydroxyl groups excluding tert-OH is 1. The fourth-order valence-electron chi connectivity index (χ4n) is 4.19. The first-order chi connectivity index (χ1) is 18.3. The molecule has 5 N–H and O–H groups in total. The van der Waals surface area contributed by atoms with Crippen LogP contribution < -0.4 is 20.1 Å². The van der Waals surface area contributed by atoms with Crippen LogP contribution in [0.2, 0.25) is 0 Å². The van der Waals surface area contributed by atoms with Crippen molar-refractivity contribution in [3.63, 3.8) is 0 Å². The van der Waals surface area contributed by atoms with E-state index in [1.807, 2.05) is 62.4 Å². The first-order valence-corrected chi connectivity index (χ1v) is 14.4. The van der Waals surface area contributed by atoms with Crippen LogP contribution in [0.25, 0.3) is 0 Å². The lowest BCUT2D eigenvalue weighted by Crippen LogP contribution is -2.43. The molecule has 1 amide bonds. The molecular formula is C29H37N3O6S. The average Bonchev–Trinajstić information content (AvgIpc) is 2.86. The predicted octanol–water partition coefficient (Wildman–Crippen LogP) is 3.28. The van der Waals surface area contributed by atoms with Crippen molar-refractivity contribution in [2.75, 3.05) is 24.6 Å². The summed E-state index contributed by atoms with van der Waals surface area (Å²) in [5, 5.41) is 26.9. The summed E-state index contributed by atoms with van der Waals surface area (Å²) in [5.41, 5.74) is 2.99. The van der Waals surface area contributed by atoms with Gasteiger partial charge in [0.05, 0.1) is 31.6 Å². The smallest absolute Gasteiger partial charge is 0.229 e. The lowest BCUT2D eigenvalue weighted by Gasteiger charge is -2.28. The van der Waals surface area contributed by atoms with E-state index >= 15 is 0 Å². The molecule has 0 radical (unpaired) electrons. The van der Waals surface area contributed by atoms with Crippen LogP contribution in [-0.2, 0) is 34.2 Å². The number of β-amino-alcohol motifs (C(OH)–C–C–N with tert-alkyl or cyclic N) is 1. The van der Waals surface area contributed by atoms with E-state index in [0.717, 1.165) is 28.7 Å². The number of phenols is 1. The Hall–Kier alpha value is -3.60. The molecular weight excluding hydrogens is 518 g/mol. The number of anilines is 1. The topological polar surface area (TPSA) is 137 Å². The second-order valence-electron chi connectivity index (χ2n) is 10.2. The number of benzene rings is 3. The lowest BCUT2D eigenvalue weighted by atomic mass is 9.93. The van der Waals surface area contributed by atoms with Gasteiger partial charge >= 0.3 is 0 Å². The van der Waals surface area contributed by atoms with E-state index < -0.39 is 16.1 Å². The zero-order valence-electron chi connectivity index (χ0n) is 22.7. The maximum absolute atomic E-state index is 12.5. The Labute approximate surface area is 230 Å². The molecule has 0 bridgehead atoms. The number of rotatable bonds is 13. The highest BCUT2D eigenvalue weighted by Crippen LogP contribution is 2.28. The van der Waals surface area contributed by atoms with Crippen molar-refractivity contribution in [1.82, 2.24) is 10.6 Å². The van der Waals surface area contributed by atoms with Crippen LogP contribution in [0.5, 0.6) is 11.5 Å². The van der Waals surface area contributed by atoms with E-state index in [1.165, 1.54) is 12.1 Å².